The molecule has 0 bridgehead atoms. The van der Waals surface area contributed by atoms with Crippen LogP contribution in [-0.2, 0) is 9.53 Å². The number of fused-ring (bicyclic) bond motifs is 1. The number of anilines is 2. The van der Waals surface area contributed by atoms with Gasteiger partial charge in [0.25, 0.3) is 5.91 Å². The van der Waals surface area contributed by atoms with Gasteiger partial charge in [0, 0.05) is 19.3 Å². The van der Waals surface area contributed by atoms with E-state index in [1.807, 2.05) is 18.2 Å². The summed E-state index contributed by atoms with van der Waals surface area (Å²) in [4.78, 5) is 11.5. The third kappa shape index (κ3) is 2.68. The molecular formula is C12H16N2O3. The molecule has 0 aliphatic carbocycles. The summed E-state index contributed by atoms with van der Waals surface area (Å²) < 4.78 is 10.4. The predicted octanol–water partition coefficient (Wildman–Crippen LogP) is 1.46. The fourth-order valence-corrected chi connectivity index (χ4v) is 1.62. The molecule has 1 aliphatic rings. The van der Waals surface area contributed by atoms with Crippen molar-refractivity contribution in [3.63, 3.8) is 0 Å². The minimum atomic E-state index is -0.435. The highest BCUT2D eigenvalue weighted by atomic mass is 16.5. The zero-order valence-corrected chi connectivity index (χ0v) is 9.95. The molecule has 0 saturated heterocycles. The summed E-state index contributed by atoms with van der Waals surface area (Å²) in [5.41, 5.74) is 1.63. The van der Waals surface area contributed by atoms with Crippen LogP contribution < -0.4 is 15.4 Å². The molecule has 17 heavy (non-hydrogen) atoms. The molecule has 1 atom stereocenters. The van der Waals surface area contributed by atoms with Gasteiger partial charge in [-0.2, -0.15) is 0 Å². The van der Waals surface area contributed by atoms with Crippen LogP contribution in [0.25, 0.3) is 0 Å². The van der Waals surface area contributed by atoms with E-state index in [1.165, 1.54) is 0 Å². The number of methoxy groups -OCH3 is 1. The van der Waals surface area contributed by atoms with Gasteiger partial charge in [0.15, 0.2) is 6.10 Å². The normalized spacial score (nSPS) is 18.0. The molecule has 1 aromatic carbocycles. The van der Waals surface area contributed by atoms with Crippen molar-refractivity contribution in [1.82, 2.24) is 0 Å². The molecule has 0 spiro atoms. The molecule has 1 amide bonds. The second-order valence-corrected chi connectivity index (χ2v) is 3.88. The molecule has 1 aromatic rings. The molecule has 2 N–H and O–H groups in total. The molecule has 5 heteroatoms. The van der Waals surface area contributed by atoms with Crippen molar-refractivity contribution in [3.05, 3.63) is 18.2 Å². The quantitative estimate of drug-likeness (QED) is 0.777. The summed E-state index contributed by atoms with van der Waals surface area (Å²) >= 11 is 0. The highest BCUT2D eigenvalue weighted by molar-refractivity contribution is 5.98. The van der Waals surface area contributed by atoms with E-state index in [2.05, 4.69) is 10.6 Å². The van der Waals surface area contributed by atoms with Crippen LogP contribution in [0.4, 0.5) is 11.4 Å². The third-order valence-electron chi connectivity index (χ3n) is 2.55. The zero-order chi connectivity index (χ0) is 12.3. The topological polar surface area (TPSA) is 59.6 Å². The molecule has 0 saturated carbocycles. The van der Waals surface area contributed by atoms with E-state index in [1.54, 1.807) is 14.0 Å². The maximum absolute atomic E-state index is 11.5. The van der Waals surface area contributed by atoms with Crippen LogP contribution in [0, 0.1) is 0 Å². The Kier molecular flexibility index (Phi) is 3.49. The van der Waals surface area contributed by atoms with Crippen molar-refractivity contribution in [1.29, 1.82) is 0 Å². The van der Waals surface area contributed by atoms with Crippen LogP contribution in [-0.4, -0.2) is 32.3 Å². The lowest BCUT2D eigenvalue weighted by molar-refractivity contribution is -0.122. The summed E-state index contributed by atoms with van der Waals surface area (Å²) in [5.74, 6) is 0.584. The van der Waals surface area contributed by atoms with Gasteiger partial charge in [0.2, 0.25) is 0 Å². The minimum Gasteiger partial charge on any atom is -0.479 e. The van der Waals surface area contributed by atoms with Crippen LogP contribution in [0.2, 0.25) is 0 Å². The van der Waals surface area contributed by atoms with Crippen LogP contribution in [0.5, 0.6) is 5.75 Å². The lowest BCUT2D eigenvalue weighted by Crippen LogP contribution is -2.34. The van der Waals surface area contributed by atoms with Crippen molar-refractivity contribution in [3.8, 4) is 5.75 Å². The molecule has 92 valence electrons. The molecule has 1 aliphatic heterocycles. The lowest BCUT2D eigenvalue weighted by Gasteiger charge is -2.23. The molecule has 0 radical (unpaired) electrons. The summed E-state index contributed by atoms with van der Waals surface area (Å²) in [5, 5.41) is 6.00. The van der Waals surface area contributed by atoms with Gasteiger partial charge in [0.1, 0.15) is 5.75 Å². The fourth-order valence-electron chi connectivity index (χ4n) is 1.62. The predicted molar refractivity (Wildman–Crippen MR) is 65.5 cm³/mol. The van der Waals surface area contributed by atoms with Gasteiger partial charge in [-0.3, -0.25) is 4.79 Å². The number of carbonyl (C=O) groups is 1. The first kappa shape index (κ1) is 11.7. The summed E-state index contributed by atoms with van der Waals surface area (Å²) in [6.07, 6.45) is -0.435. The van der Waals surface area contributed by atoms with Gasteiger partial charge < -0.3 is 20.1 Å². The smallest absolute Gasteiger partial charge is 0.265 e. The second-order valence-electron chi connectivity index (χ2n) is 3.88. The number of rotatable bonds is 4. The molecule has 0 aromatic heterocycles. The van der Waals surface area contributed by atoms with Crippen LogP contribution in [0.1, 0.15) is 6.92 Å². The number of hydrogen-bond acceptors (Lipinski definition) is 4. The van der Waals surface area contributed by atoms with E-state index in [4.69, 9.17) is 9.47 Å². The molecule has 1 heterocycles. The average Bonchev–Trinajstić information content (AvgIpc) is 2.31. The Morgan fingerprint density at radius 2 is 2.35 bits per heavy atom. The monoisotopic (exact) mass is 236 g/mol. The molecule has 2 rings (SSSR count). The van der Waals surface area contributed by atoms with Crippen molar-refractivity contribution in [2.24, 2.45) is 0 Å². The highest BCUT2D eigenvalue weighted by Crippen LogP contribution is 2.31. The molecule has 1 unspecified atom stereocenters. The summed E-state index contributed by atoms with van der Waals surface area (Å²) in [6.45, 7) is 3.08. The number of benzene rings is 1. The largest absolute Gasteiger partial charge is 0.479 e. The van der Waals surface area contributed by atoms with Crippen LogP contribution in [0.3, 0.4) is 0 Å². The maximum Gasteiger partial charge on any atom is 0.265 e. The summed E-state index contributed by atoms with van der Waals surface area (Å²) in [6, 6.07) is 5.62. The Hall–Kier alpha value is -1.75. The van der Waals surface area contributed by atoms with Gasteiger partial charge in [-0.05, 0) is 25.1 Å². The van der Waals surface area contributed by atoms with E-state index in [0.717, 1.165) is 12.2 Å². The standard InChI is InChI=1S/C12H16N2O3/c1-8-12(15)14-10-7-9(13-5-6-16-2)3-4-11(10)17-8/h3-4,7-8,13H,5-6H2,1-2H3,(H,14,15). The Bertz CT molecular complexity index is 420. The van der Waals surface area contributed by atoms with Crippen molar-refractivity contribution < 1.29 is 14.3 Å². The van der Waals surface area contributed by atoms with Gasteiger partial charge in [-0.15, -0.1) is 0 Å². The maximum atomic E-state index is 11.5. The van der Waals surface area contributed by atoms with E-state index < -0.39 is 6.10 Å². The van der Waals surface area contributed by atoms with E-state index in [9.17, 15) is 4.79 Å². The fraction of sp³-hybridized carbons (Fsp3) is 0.417. The average molecular weight is 236 g/mol. The van der Waals surface area contributed by atoms with Gasteiger partial charge >= 0.3 is 0 Å². The van der Waals surface area contributed by atoms with Gasteiger partial charge in [0.05, 0.1) is 12.3 Å². The Balaban J connectivity index is 2.09. The Labute approximate surface area is 100 Å². The minimum absolute atomic E-state index is 0.119. The SMILES string of the molecule is COCCNc1ccc2c(c1)NC(=O)C(C)O2. The van der Waals surface area contributed by atoms with Gasteiger partial charge in [-0.25, -0.2) is 0 Å². The lowest BCUT2D eigenvalue weighted by atomic mass is 10.2. The van der Waals surface area contributed by atoms with Crippen molar-refractivity contribution in [2.45, 2.75) is 13.0 Å². The molecular weight excluding hydrogens is 220 g/mol. The number of amides is 1. The van der Waals surface area contributed by atoms with Crippen molar-refractivity contribution in [2.75, 3.05) is 30.9 Å². The number of carbonyl (C=O) groups excluding carboxylic acids is 1. The first-order valence-electron chi connectivity index (χ1n) is 5.55. The first-order chi connectivity index (χ1) is 8.20. The zero-order valence-electron chi connectivity index (χ0n) is 9.95. The second kappa shape index (κ2) is 5.05. The van der Waals surface area contributed by atoms with Gasteiger partial charge in [-0.1, -0.05) is 0 Å². The van der Waals surface area contributed by atoms with Crippen LogP contribution in [0.15, 0.2) is 18.2 Å². The molecule has 0 fully saturated rings. The van der Waals surface area contributed by atoms with Crippen molar-refractivity contribution >= 4 is 17.3 Å². The first-order valence-corrected chi connectivity index (χ1v) is 5.55. The van der Waals surface area contributed by atoms with Crippen LogP contribution >= 0.6 is 0 Å². The number of nitrogens with one attached hydrogen (secondary N) is 2. The van der Waals surface area contributed by atoms with E-state index >= 15 is 0 Å². The number of hydrogen-bond donors (Lipinski definition) is 2. The number of ether oxygens (including phenoxy) is 2. The summed E-state index contributed by atoms with van der Waals surface area (Å²) in [7, 11) is 1.66. The Morgan fingerprint density at radius 3 is 3.12 bits per heavy atom. The Morgan fingerprint density at radius 1 is 1.53 bits per heavy atom. The van der Waals surface area contributed by atoms with E-state index in [-0.39, 0.29) is 5.91 Å². The molecule has 5 nitrogen and oxygen atoms in total. The third-order valence-corrected chi connectivity index (χ3v) is 2.55. The van der Waals surface area contributed by atoms with E-state index in [0.29, 0.717) is 18.0 Å². The highest BCUT2D eigenvalue weighted by Gasteiger charge is 2.23.